The summed E-state index contributed by atoms with van der Waals surface area (Å²) >= 11 is 0. The lowest BCUT2D eigenvalue weighted by molar-refractivity contribution is 1.57. The molecule has 1 aromatic rings. The van der Waals surface area contributed by atoms with Gasteiger partial charge >= 0.3 is 0 Å². The second-order valence-electron chi connectivity index (χ2n) is 2.47. The number of hydrogen-bond acceptors (Lipinski definition) is 1. The Hall–Kier alpha value is -0.810. The molecular weight excluding hydrogens is 153 g/mol. The zero-order valence-corrected chi connectivity index (χ0v) is 7.75. The van der Waals surface area contributed by atoms with Crippen LogP contribution in [0.1, 0.15) is 12.5 Å². The van der Waals surface area contributed by atoms with Crippen LogP contribution in [0.4, 0.5) is 5.69 Å². The van der Waals surface area contributed by atoms with Crippen molar-refractivity contribution in [2.24, 2.45) is 0 Å². The van der Waals surface area contributed by atoms with Gasteiger partial charge in [-0.05, 0) is 28.0 Å². The third kappa shape index (κ3) is 1.81. The fourth-order valence-electron chi connectivity index (χ4n) is 0.981. The molecule has 0 radical (unpaired) electrons. The third-order valence-corrected chi connectivity index (χ3v) is 1.85. The molecule has 1 aromatic carbocycles. The molecular formula is C9H12NP. The number of rotatable bonds is 2. The van der Waals surface area contributed by atoms with E-state index in [1.165, 1.54) is 5.56 Å². The molecule has 0 fully saturated rings. The van der Waals surface area contributed by atoms with Gasteiger partial charge in [0, 0.05) is 11.3 Å². The van der Waals surface area contributed by atoms with Gasteiger partial charge in [0.2, 0.25) is 0 Å². The second kappa shape index (κ2) is 3.54. The van der Waals surface area contributed by atoms with Crippen LogP contribution >= 0.6 is 9.39 Å². The van der Waals surface area contributed by atoms with E-state index in [-0.39, 0.29) is 0 Å². The summed E-state index contributed by atoms with van der Waals surface area (Å²) in [4.78, 5) is 0. The van der Waals surface area contributed by atoms with Crippen molar-refractivity contribution in [2.45, 2.75) is 6.92 Å². The quantitative estimate of drug-likeness (QED) is 0.664. The summed E-state index contributed by atoms with van der Waals surface area (Å²) in [7, 11) is 2.48. The van der Waals surface area contributed by atoms with Crippen LogP contribution in [0.5, 0.6) is 0 Å². The Morgan fingerprint density at radius 3 is 2.55 bits per heavy atom. The molecule has 0 aromatic heterocycles. The number of anilines is 1. The number of hydrogen-bond donors (Lipinski definition) is 1. The van der Waals surface area contributed by atoms with Gasteiger partial charge in [-0.1, -0.05) is 24.8 Å². The highest BCUT2D eigenvalue weighted by atomic mass is 31.0. The maximum Gasteiger partial charge on any atom is 0.0444 e. The Labute approximate surface area is 69.8 Å². The van der Waals surface area contributed by atoms with Crippen LogP contribution in [-0.2, 0) is 0 Å². The lowest BCUT2D eigenvalue weighted by atomic mass is 10.1. The van der Waals surface area contributed by atoms with Crippen molar-refractivity contribution >= 4 is 20.7 Å². The van der Waals surface area contributed by atoms with Gasteiger partial charge in [0.1, 0.15) is 0 Å². The number of para-hydroxylation sites is 1. The molecule has 0 saturated heterocycles. The maximum atomic E-state index is 3.88. The van der Waals surface area contributed by atoms with E-state index in [1.54, 1.807) is 0 Å². The molecule has 1 unspecified atom stereocenters. The largest absolute Gasteiger partial charge is 0.369 e. The van der Waals surface area contributed by atoms with Crippen LogP contribution in [-0.4, -0.2) is 0 Å². The van der Waals surface area contributed by atoms with E-state index >= 15 is 0 Å². The van der Waals surface area contributed by atoms with Crippen LogP contribution in [0.3, 0.4) is 0 Å². The molecule has 0 saturated carbocycles. The van der Waals surface area contributed by atoms with Gasteiger partial charge in [-0.15, -0.1) is 0 Å². The van der Waals surface area contributed by atoms with Crippen molar-refractivity contribution < 1.29 is 0 Å². The average molecular weight is 165 g/mol. The molecule has 0 heterocycles. The van der Waals surface area contributed by atoms with Gasteiger partial charge in [-0.3, -0.25) is 0 Å². The van der Waals surface area contributed by atoms with E-state index in [0.717, 1.165) is 11.3 Å². The summed E-state index contributed by atoms with van der Waals surface area (Å²) in [5, 5.41) is 3.03. The molecule has 1 nitrogen and oxygen atoms in total. The zero-order chi connectivity index (χ0) is 8.27. The Balaban J connectivity index is 3.12. The normalized spacial score (nSPS) is 9.27. The fraction of sp³-hybridized carbons (Fsp3) is 0.111. The third-order valence-electron chi connectivity index (χ3n) is 1.54. The highest BCUT2D eigenvalue weighted by molar-refractivity contribution is 7.18. The van der Waals surface area contributed by atoms with Gasteiger partial charge in [0.05, 0.1) is 0 Å². The molecule has 58 valence electrons. The van der Waals surface area contributed by atoms with E-state index in [4.69, 9.17) is 0 Å². The predicted octanol–water partition coefficient (Wildman–Crippen LogP) is 2.92. The summed E-state index contributed by atoms with van der Waals surface area (Å²) in [6, 6.07) is 8.08. The monoisotopic (exact) mass is 165 g/mol. The first-order valence-electron chi connectivity index (χ1n) is 3.47. The van der Waals surface area contributed by atoms with Crippen LogP contribution in [0.25, 0.3) is 5.57 Å². The van der Waals surface area contributed by atoms with Crippen molar-refractivity contribution in [3.63, 3.8) is 0 Å². The Kier molecular flexibility index (Phi) is 2.67. The van der Waals surface area contributed by atoms with Gasteiger partial charge in [0.25, 0.3) is 0 Å². The van der Waals surface area contributed by atoms with E-state index in [0.29, 0.717) is 0 Å². The Bertz CT molecular complexity index is 268. The topological polar surface area (TPSA) is 12.0 Å². The zero-order valence-electron chi connectivity index (χ0n) is 6.59. The van der Waals surface area contributed by atoms with E-state index in [9.17, 15) is 0 Å². The van der Waals surface area contributed by atoms with Crippen molar-refractivity contribution in [3.8, 4) is 0 Å². The summed E-state index contributed by atoms with van der Waals surface area (Å²) in [6.07, 6.45) is 0. The van der Waals surface area contributed by atoms with Crippen LogP contribution < -0.4 is 5.09 Å². The van der Waals surface area contributed by atoms with Crippen LogP contribution in [0.15, 0.2) is 30.8 Å². The standard InChI is InChI=1S/C9H12NP/c1-7(2)8-5-3-4-6-9(8)10-11/h3-6,10H,1,11H2,2H3. The van der Waals surface area contributed by atoms with Crippen LogP contribution in [0, 0.1) is 0 Å². The number of benzene rings is 1. The summed E-state index contributed by atoms with van der Waals surface area (Å²) in [5.74, 6) is 0. The van der Waals surface area contributed by atoms with Gasteiger partial charge < -0.3 is 5.09 Å². The van der Waals surface area contributed by atoms with Crippen molar-refractivity contribution in [3.05, 3.63) is 36.4 Å². The van der Waals surface area contributed by atoms with Crippen molar-refractivity contribution in [2.75, 3.05) is 5.09 Å². The highest BCUT2D eigenvalue weighted by Crippen LogP contribution is 2.22. The molecule has 0 bridgehead atoms. The van der Waals surface area contributed by atoms with E-state index in [1.807, 2.05) is 25.1 Å². The molecule has 0 aliphatic heterocycles. The maximum absolute atomic E-state index is 3.88. The summed E-state index contributed by atoms with van der Waals surface area (Å²) in [5.41, 5.74) is 3.35. The lowest BCUT2D eigenvalue weighted by Crippen LogP contribution is -1.85. The second-order valence-corrected chi connectivity index (χ2v) is 2.76. The number of nitrogens with one attached hydrogen (secondary N) is 1. The van der Waals surface area contributed by atoms with E-state index in [2.05, 4.69) is 27.1 Å². The first kappa shape index (κ1) is 8.29. The van der Waals surface area contributed by atoms with Gasteiger partial charge in [-0.2, -0.15) is 0 Å². The molecule has 0 aliphatic carbocycles. The van der Waals surface area contributed by atoms with Crippen molar-refractivity contribution in [1.29, 1.82) is 0 Å². The highest BCUT2D eigenvalue weighted by Gasteiger charge is 1.97. The predicted molar refractivity (Wildman–Crippen MR) is 54.5 cm³/mol. The minimum absolute atomic E-state index is 1.08. The molecule has 2 heteroatoms. The summed E-state index contributed by atoms with van der Waals surface area (Å²) in [6.45, 7) is 5.89. The smallest absolute Gasteiger partial charge is 0.0444 e. The molecule has 1 atom stereocenters. The molecule has 0 amide bonds. The first-order chi connectivity index (χ1) is 5.25. The molecule has 1 rings (SSSR count). The van der Waals surface area contributed by atoms with Gasteiger partial charge in [0.15, 0.2) is 0 Å². The molecule has 0 spiro atoms. The molecule has 1 N–H and O–H groups in total. The lowest BCUT2D eigenvalue weighted by Gasteiger charge is -2.06. The summed E-state index contributed by atoms with van der Waals surface area (Å²) < 4.78 is 0. The Morgan fingerprint density at radius 1 is 1.45 bits per heavy atom. The fourth-order valence-corrected chi connectivity index (χ4v) is 1.23. The molecule has 11 heavy (non-hydrogen) atoms. The minimum Gasteiger partial charge on any atom is -0.369 e. The average Bonchev–Trinajstić information content (AvgIpc) is 2.04. The minimum atomic E-state index is 1.08. The first-order valence-corrected chi connectivity index (χ1v) is 4.05. The molecule has 0 aliphatic rings. The SMILES string of the molecule is C=C(C)c1ccccc1NP. The Morgan fingerprint density at radius 2 is 2.09 bits per heavy atom. The van der Waals surface area contributed by atoms with Gasteiger partial charge in [-0.25, -0.2) is 0 Å². The van der Waals surface area contributed by atoms with E-state index < -0.39 is 0 Å². The number of allylic oxidation sites excluding steroid dienone is 1. The van der Waals surface area contributed by atoms with Crippen molar-refractivity contribution in [1.82, 2.24) is 0 Å². The van der Waals surface area contributed by atoms with Crippen LogP contribution in [0.2, 0.25) is 0 Å².